The van der Waals surface area contributed by atoms with Gasteiger partial charge in [-0.05, 0) is 73.3 Å². The van der Waals surface area contributed by atoms with Crippen LogP contribution < -0.4 is 5.32 Å². The molecule has 6 rings (SSSR count). The molecule has 4 nitrogen and oxygen atoms in total. The van der Waals surface area contributed by atoms with Crippen molar-refractivity contribution in [3.8, 4) is 11.1 Å². The molecule has 2 aromatic rings. The Morgan fingerprint density at radius 1 is 1.15 bits per heavy atom. The van der Waals surface area contributed by atoms with Crippen molar-refractivity contribution in [2.45, 2.75) is 57.0 Å². The molecule has 3 atom stereocenters. The van der Waals surface area contributed by atoms with E-state index in [1.807, 2.05) is 17.0 Å². The van der Waals surface area contributed by atoms with Crippen molar-refractivity contribution in [1.82, 2.24) is 9.88 Å². The number of carbonyl (C=O) groups is 1. The zero-order chi connectivity index (χ0) is 18.5. The molecule has 140 valence electrons. The number of rotatable bonds is 3. The lowest BCUT2D eigenvalue weighted by Gasteiger charge is -2.54. The van der Waals surface area contributed by atoms with Crippen LogP contribution in [0, 0.1) is 11.7 Å². The largest absolute Gasteiger partial charge is 0.322 e. The lowest BCUT2D eigenvalue weighted by molar-refractivity contribution is -0.00600. The van der Waals surface area contributed by atoms with Gasteiger partial charge in [-0.1, -0.05) is 13.0 Å². The summed E-state index contributed by atoms with van der Waals surface area (Å²) < 4.78 is 13.7. The summed E-state index contributed by atoms with van der Waals surface area (Å²) >= 11 is 0. The summed E-state index contributed by atoms with van der Waals surface area (Å²) in [4.78, 5) is 18.8. The SMILES string of the molecule is CC1CC2C[C@@H](C1)N2C(=O)Nc1ccc(C2CC2)c(-c2cncc(F)c2)c1. The Hall–Kier alpha value is -2.43. The molecule has 27 heavy (non-hydrogen) atoms. The number of amides is 2. The number of fused-ring (bicyclic) bond motifs is 2. The van der Waals surface area contributed by atoms with E-state index in [-0.39, 0.29) is 11.8 Å². The third-order valence-corrected chi connectivity index (χ3v) is 6.25. The van der Waals surface area contributed by atoms with E-state index < -0.39 is 0 Å². The summed E-state index contributed by atoms with van der Waals surface area (Å²) in [6, 6.07) is 8.30. The zero-order valence-electron chi connectivity index (χ0n) is 15.5. The van der Waals surface area contributed by atoms with Crippen LogP contribution in [0.25, 0.3) is 11.1 Å². The van der Waals surface area contributed by atoms with Crippen molar-refractivity contribution >= 4 is 11.7 Å². The smallest absolute Gasteiger partial charge is 0.318 e. The lowest BCUT2D eigenvalue weighted by Crippen LogP contribution is -2.63. The minimum absolute atomic E-state index is 0.00867. The van der Waals surface area contributed by atoms with E-state index in [0.717, 1.165) is 48.9 Å². The van der Waals surface area contributed by atoms with Crippen LogP contribution in [0.4, 0.5) is 14.9 Å². The Bertz CT molecular complexity index is 883. The third-order valence-electron chi connectivity index (χ3n) is 6.25. The quantitative estimate of drug-likeness (QED) is 0.815. The topological polar surface area (TPSA) is 45.2 Å². The maximum Gasteiger partial charge on any atom is 0.322 e. The van der Waals surface area contributed by atoms with E-state index in [4.69, 9.17) is 0 Å². The van der Waals surface area contributed by atoms with Gasteiger partial charge in [0, 0.05) is 29.5 Å². The van der Waals surface area contributed by atoms with E-state index in [1.165, 1.54) is 17.8 Å². The van der Waals surface area contributed by atoms with Gasteiger partial charge in [0.15, 0.2) is 0 Å². The number of nitrogens with zero attached hydrogens (tertiary/aromatic N) is 2. The number of pyridine rings is 1. The van der Waals surface area contributed by atoms with Crippen molar-refractivity contribution in [3.05, 3.63) is 48.0 Å². The summed E-state index contributed by atoms with van der Waals surface area (Å²) in [5.74, 6) is 0.901. The molecule has 2 aliphatic carbocycles. The molecular weight excluding hydrogens is 341 g/mol. The molecule has 2 saturated heterocycles. The number of hydrogen-bond acceptors (Lipinski definition) is 2. The number of piperidine rings is 1. The number of benzene rings is 1. The highest BCUT2D eigenvalue weighted by Crippen LogP contribution is 2.45. The number of halogens is 1. The standard InChI is InChI=1S/C22H24FN3O/c1-13-6-18-10-19(7-13)26(18)22(27)25-17-4-5-20(14-2-3-14)21(9-17)15-8-16(23)12-24-11-15/h4-5,8-9,11-14,18-19H,2-3,6-7,10H2,1H3,(H,25,27)/t13?,18-,19?/m1/s1. The number of aromatic nitrogens is 1. The Kier molecular flexibility index (Phi) is 3.92. The maximum atomic E-state index is 13.7. The van der Waals surface area contributed by atoms with E-state index >= 15 is 0 Å². The van der Waals surface area contributed by atoms with Gasteiger partial charge in [-0.15, -0.1) is 0 Å². The zero-order valence-corrected chi connectivity index (χ0v) is 15.5. The van der Waals surface area contributed by atoms with Gasteiger partial charge in [-0.25, -0.2) is 9.18 Å². The summed E-state index contributed by atoms with van der Waals surface area (Å²) in [5.41, 5.74) is 3.72. The maximum absolute atomic E-state index is 13.7. The molecule has 1 aromatic heterocycles. The van der Waals surface area contributed by atoms with Crippen LogP contribution in [0.15, 0.2) is 36.7 Å². The second-order valence-corrected chi connectivity index (χ2v) is 8.43. The molecule has 0 spiro atoms. The molecule has 2 aliphatic heterocycles. The number of hydrogen-bond donors (Lipinski definition) is 1. The first kappa shape index (κ1) is 16.7. The summed E-state index contributed by atoms with van der Waals surface area (Å²) in [6.45, 7) is 2.27. The first-order valence-corrected chi connectivity index (χ1v) is 9.92. The van der Waals surface area contributed by atoms with Crippen LogP contribution in [0.3, 0.4) is 0 Å². The normalized spacial score (nSPS) is 26.4. The third kappa shape index (κ3) is 3.09. The highest BCUT2D eigenvalue weighted by molar-refractivity contribution is 5.91. The van der Waals surface area contributed by atoms with Crippen molar-refractivity contribution in [1.29, 1.82) is 0 Å². The molecule has 3 heterocycles. The van der Waals surface area contributed by atoms with Gasteiger partial charge in [0.25, 0.3) is 0 Å². The van der Waals surface area contributed by atoms with Gasteiger partial charge < -0.3 is 10.2 Å². The monoisotopic (exact) mass is 365 g/mol. The summed E-state index contributed by atoms with van der Waals surface area (Å²) in [6.07, 6.45) is 8.58. The molecule has 5 heteroatoms. The minimum Gasteiger partial charge on any atom is -0.318 e. The highest BCUT2D eigenvalue weighted by atomic mass is 19.1. The molecular formula is C22H24FN3O. The molecule has 4 fully saturated rings. The van der Waals surface area contributed by atoms with E-state index in [2.05, 4.69) is 23.3 Å². The number of nitrogens with one attached hydrogen (secondary N) is 1. The van der Waals surface area contributed by atoms with Crippen LogP contribution in [-0.4, -0.2) is 28.0 Å². The van der Waals surface area contributed by atoms with Crippen molar-refractivity contribution in [2.24, 2.45) is 5.92 Å². The van der Waals surface area contributed by atoms with Crippen LogP contribution >= 0.6 is 0 Å². The Labute approximate surface area is 158 Å². The van der Waals surface area contributed by atoms with Gasteiger partial charge in [0.05, 0.1) is 6.20 Å². The molecule has 1 aromatic carbocycles. The van der Waals surface area contributed by atoms with Gasteiger partial charge >= 0.3 is 6.03 Å². The summed E-state index contributed by atoms with van der Waals surface area (Å²) in [5, 5.41) is 3.07. The predicted molar refractivity (Wildman–Crippen MR) is 103 cm³/mol. The highest BCUT2D eigenvalue weighted by Gasteiger charge is 2.46. The van der Waals surface area contributed by atoms with Gasteiger partial charge in [0.2, 0.25) is 0 Å². The first-order valence-electron chi connectivity index (χ1n) is 9.92. The first-order chi connectivity index (χ1) is 13.1. The van der Waals surface area contributed by atoms with Crippen molar-refractivity contribution in [3.63, 3.8) is 0 Å². The minimum atomic E-state index is -0.341. The Morgan fingerprint density at radius 2 is 1.93 bits per heavy atom. The van der Waals surface area contributed by atoms with Crippen LogP contribution in [-0.2, 0) is 0 Å². The predicted octanol–water partition coefficient (Wildman–Crippen LogP) is 5.17. The molecule has 4 aliphatic rings. The fourth-order valence-electron chi connectivity index (χ4n) is 4.86. The van der Waals surface area contributed by atoms with Gasteiger partial charge in [0.1, 0.15) is 5.82 Å². The Balaban J connectivity index is 1.40. The lowest BCUT2D eigenvalue weighted by atomic mass is 9.74. The molecule has 2 bridgehead atoms. The van der Waals surface area contributed by atoms with Gasteiger partial charge in [-0.3, -0.25) is 4.98 Å². The second-order valence-electron chi connectivity index (χ2n) is 8.43. The van der Waals surface area contributed by atoms with Crippen LogP contribution in [0.1, 0.15) is 50.5 Å². The molecule has 2 saturated carbocycles. The number of urea groups is 1. The van der Waals surface area contributed by atoms with Crippen LogP contribution in [0.2, 0.25) is 0 Å². The van der Waals surface area contributed by atoms with Crippen molar-refractivity contribution in [2.75, 3.05) is 5.32 Å². The summed E-state index contributed by atoms with van der Waals surface area (Å²) in [7, 11) is 0. The average Bonchev–Trinajstić information content (AvgIpc) is 3.46. The van der Waals surface area contributed by atoms with Crippen LogP contribution in [0.5, 0.6) is 0 Å². The van der Waals surface area contributed by atoms with Crippen molar-refractivity contribution < 1.29 is 9.18 Å². The number of carbonyl (C=O) groups excluding carboxylic acids is 1. The molecule has 0 radical (unpaired) electrons. The van der Waals surface area contributed by atoms with E-state index in [1.54, 1.807) is 6.20 Å². The Morgan fingerprint density at radius 3 is 2.63 bits per heavy atom. The van der Waals surface area contributed by atoms with E-state index in [9.17, 15) is 9.18 Å². The number of anilines is 1. The fourth-order valence-corrected chi connectivity index (χ4v) is 4.86. The van der Waals surface area contributed by atoms with E-state index in [0.29, 0.717) is 23.9 Å². The van der Waals surface area contributed by atoms with Gasteiger partial charge in [-0.2, -0.15) is 0 Å². The molecule has 2 unspecified atom stereocenters. The molecule has 1 N–H and O–H groups in total. The average molecular weight is 365 g/mol. The molecule has 2 amide bonds. The second kappa shape index (κ2) is 6.32. The fraction of sp³-hybridized carbons (Fsp3) is 0.455.